The van der Waals surface area contributed by atoms with Crippen molar-refractivity contribution in [2.45, 2.75) is 37.8 Å². The van der Waals surface area contributed by atoms with Crippen molar-refractivity contribution in [3.8, 4) is 5.75 Å². The Labute approximate surface area is 134 Å². The summed E-state index contributed by atoms with van der Waals surface area (Å²) < 4.78 is 4.70. The summed E-state index contributed by atoms with van der Waals surface area (Å²) in [4.78, 5) is 16.1. The van der Waals surface area contributed by atoms with Crippen LogP contribution >= 0.6 is 0 Å². The molecule has 1 saturated carbocycles. The van der Waals surface area contributed by atoms with Crippen LogP contribution in [0.3, 0.4) is 0 Å². The Balaban J connectivity index is 2.01. The lowest BCUT2D eigenvalue weighted by atomic mass is 9.93. The van der Waals surface area contributed by atoms with E-state index in [4.69, 9.17) is 4.74 Å². The zero-order chi connectivity index (χ0) is 16.4. The van der Waals surface area contributed by atoms with E-state index < -0.39 is 5.97 Å². The number of anilines is 1. The largest absolute Gasteiger partial charge is 0.505 e. The smallest absolute Gasteiger partial charge is 0.360 e. The second-order valence-corrected chi connectivity index (χ2v) is 5.84. The maximum Gasteiger partial charge on any atom is 0.360 e. The summed E-state index contributed by atoms with van der Waals surface area (Å²) in [6.07, 6.45) is 2.94. The second-order valence-electron chi connectivity index (χ2n) is 5.84. The average Bonchev–Trinajstić information content (AvgIpc) is 2.58. The molecule has 6 heteroatoms. The number of ether oxygens (including phenoxy) is 1. The lowest BCUT2D eigenvalue weighted by Crippen LogP contribution is -2.28. The highest BCUT2D eigenvalue weighted by atomic mass is 16.5. The van der Waals surface area contributed by atoms with Crippen molar-refractivity contribution in [3.63, 3.8) is 0 Å². The van der Waals surface area contributed by atoms with Gasteiger partial charge in [-0.05, 0) is 25.7 Å². The first-order valence-electron chi connectivity index (χ1n) is 7.74. The van der Waals surface area contributed by atoms with Crippen LogP contribution in [0.25, 0.3) is 10.8 Å². The molecule has 23 heavy (non-hydrogen) atoms. The number of nitrogens with zero attached hydrogens (tertiary/aromatic N) is 1. The van der Waals surface area contributed by atoms with Gasteiger partial charge in [0.25, 0.3) is 0 Å². The van der Waals surface area contributed by atoms with Crippen LogP contribution in [0.1, 0.15) is 36.2 Å². The number of aliphatic hydroxyl groups excluding tert-OH is 1. The molecule has 0 amide bonds. The number of fused-ring (bicyclic) bond motifs is 1. The molecule has 1 heterocycles. The molecule has 2 aromatic rings. The summed E-state index contributed by atoms with van der Waals surface area (Å²) in [7, 11) is 1.26. The van der Waals surface area contributed by atoms with Crippen LogP contribution in [0, 0.1) is 0 Å². The lowest BCUT2D eigenvalue weighted by molar-refractivity contribution is 0.0591. The minimum absolute atomic E-state index is 0.0930. The van der Waals surface area contributed by atoms with Gasteiger partial charge in [0.05, 0.1) is 13.2 Å². The Morgan fingerprint density at radius 1 is 1.22 bits per heavy atom. The van der Waals surface area contributed by atoms with E-state index in [9.17, 15) is 15.0 Å². The quantitative estimate of drug-likeness (QED) is 0.753. The van der Waals surface area contributed by atoms with Crippen LogP contribution < -0.4 is 5.32 Å². The fraction of sp³-hybridized carbons (Fsp3) is 0.412. The van der Waals surface area contributed by atoms with Crippen molar-refractivity contribution < 1.29 is 19.7 Å². The predicted octanol–water partition coefficient (Wildman–Crippen LogP) is 2.44. The van der Waals surface area contributed by atoms with Crippen molar-refractivity contribution in [3.05, 3.63) is 30.0 Å². The van der Waals surface area contributed by atoms with Gasteiger partial charge in [-0.25, -0.2) is 9.78 Å². The molecule has 0 aliphatic heterocycles. The summed E-state index contributed by atoms with van der Waals surface area (Å²) in [5.74, 6) is -0.285. The van der Waals surface area contributed by atoms with Gasteiger partial charge in [-0.3, -0.25) is 0 Å². The van der Waals surface area contributed by atoms with Gasteiger partial charge in [0.1, 0.15) is 5.82 Å². The first kappa shape index (κ1) is 15.6. The predicted molar refractivity (Wildman–Crippen MR) is 86.6 cm³/mol. The molecule has 1 aromatic carbocycles. The fourth-order valence-electron chi connectivity index (χ4n) is 3.01. The molecule has 1 aliphatic rings. The zero-order valence-corrected chi connectivity index (χ0v) is 13.0. The van der Waals surface area contributed by atoms with Gasteiger partial charge in [0, 0.05) is 16.8 Å². The van der Waals surface area contributed by atoms with Gasteiger partial charge in [-0.1, -0.05) is 24.3 Å². The van der Waals surface area contributed by atoms with Crippen molar-refractivity contribution in [2.24, 2.45) is 0 Å². The molecule has 3 N–H and O–H groups in total. The number of hydrogen-bond donors (Lipinski definition) is 3. The first-order valence-corrected chi connectivity index (χ1v) is 7.74. The van der Waals surface area contributed by atoms with E-state index >= 15 is 0 Å². The summed E-state index contributed by atoms with van der Waals surface area (Å²) in [5.41, 5.74) is -0.0930. The molecule has 6 nitrogen and oxygen atoms in total. The minimum atomic E-state index is -0.671. The highest BCUT2D eigenvalue weighted by Crippen LogP contribution is 2.33. The van der Waals surface area contributed by atoms with Crippen LogP contribution in [0.5, 0.6) is 5.75 Å². The normalized spacial score (nSPS) is 21.1. The Bertz CT molecular complexity index is 724. The standard InChI is InChI=1S/C17H20N2O4/c1-23-17(22)14-15(21)12-4-2-3-5-13(12)16(19-14)18-10-6-8-11(20)9-7-10/h2-5,10-11,20-21H,6-9H2,1H3,(H,18,19). The first-order chi connectivity index (χ1) is 11.1. The number of pyridine rings is 1. The molecule has 0 radical (unpaired) electrons. The third kappa shape index (κ3) is 3.07. The summed E-state index contributed by atoms with van der Waals surface area (Å²) >= 11 is 0. The van der Waals surface area contributed by atoms with E-state index in [1.165, 1.54) is 7.11 Å². The highest BCUT2D eigenvalue weighted by Gasteiger charge is 2.23. The number of carbonyl (C=O) groups is 1. The van der Waals surface area contributed by atoms with Crippen LogP contribution in [0.2, 0.25) is 0 Å². The Morgan fingerprint density at radius 2 is 1.87 bits per heavy atom. The van der Waals surface area contributed by atoms with Gasteiger partial charge >= 0.3 is 5.97 Å². The summed E-state index contributed by atoms with van der Waals surface area (Å²) in [6.45, 7) is 0. The number of carbonyl (C=O) groups excluding carboxylic acids is 1. The Hall–Kier alpha value is -2.34. The molecule has 0 bridgehead atoms. The van der Waals surface area contributed by atoms with Crippen LogP contribution in [0.15, 0.2) is 24.3 Å². The van der Waals surface area contributed by atoms with E-state index in [1.54, 1.807) is 12.1 Å². The van der Waals surface area contributed by atoms with E-state index in [0.717, 1.165) is 31.1 Å². The number of esters is 1. The third-order valence-corrected chi connectivity index (χ3v) is 4.30. The van der Waals surface area contributed by atoms with Gasteiger partial charge < -0.3 is 20.3 Å². The zero-order valence-electron chi connectivity index (χ0n) is 13.0. The lowest BCUT2D eigenvalue weighted by Gasteiger charge is -2.27. The molecule has 0 unspecified atom stereocenters. The monoisotopic (exact) mass is 316 g/mol. The molecule has 122 valence electrons. The summed E-state index contributed by atoms with van der Waals surface area (Å²) in [5, 5.41) is 24.6. The molecule has 0 spiro atoms. The summed E-state index contributed by atoms with van der Waals surface area (Å²) in [6, 6.07) is 7.43. The number of benzene rings is 1. The third-order valence-electron chi connectivity index (χ3n) is 4.30. The number of nitrogens with one attached hydrogen (secondary N) is 1. The van der Waals surface area contributed by atoms with Crippen molar-refractivity contribution in [1.82, 2.24) is 4.98 Å². The molecule has 1 fully saturated rings. The van der Waals surface area contributed by atoms with Gasteiger partial charge in [-0.2, -0.15) is 0 Å². The molecular weight excluding hydrogens is 296 g/mol. The van der Waals surface area contributed by atoms with Crippen LogP contribution in [0.4, 0.5) is 5.82 Å². The van der Waals surface area contributed by atoms with Crippen LogP contribution in [-0.2, 0) is 4.74 Å². The van der Waals surface area contributed by atoms with Crippen LogP contribution in [-0.4, -0.2) is 40.4 Å². The molecule has 0 atom stereocenters. The molecule has 3 rings (SSSR count). The SMILES string of the molecule is COC(=O)c1nc(NC2CCC(O)CC2)c2ccccc2c1O. The number of aromatic hydroxyl groups is 1. The van der Waals surface area contributed by atoms with Crippen molar-refractivity contribution in [2.75, 3.05) is 12.4 Å². The highest BCUT2D eigenvalue weighted by molar-refractivity contribution is 6.03. The second kappa shape index (κ2) is 6.42. The van der Waals surface area contributed by atoms with E-state index in [1.807, 2.05) is 12.1 Å². The van der Waals surface area contributed by atoms with Gasteiger partial charge in [-0.15, -0.1) is 0 Å². The van der Waals surface area contributed by atoms with Crippen molar-refractivity contribution >= 4 is 22.6 Å². The molecule has 1 aliphatic carbocycles. The van der Waals surface area contributed by atoms with Gasteiger partial charge in [0.15, 0.2) is 11.4 Å². The van der Waals surface area contributed by atoms with E-state index in [2.05, 4.69) is 10.3 Å². The fourth-order valence-corrected chi connectivity index (χ4v) is 3.01. The van der Waals surface area contributed by atoms with E-state index in [0.29, 0.717) is 11.2 Å². The number of hydrogen-bond acceptors (Lipinski definition) is 6. The number of rotatable bonds is 3. The number of aromatic nitrogens is 1. The molecule has 0 saturated heterocycles. The van der Waals surface area contributed by atoms with Gasteiger partial charge in [0.2, 0.25) is 0 Å². The molecular formula is C17H20N2O4. The van der Waals surface area contributed by atoms with Crippen molar-refractivity contribution in [1.29, 1.82) is 0 Å². The topological polar surface area (TPSA) is 91.7 Å². The maximum absolute atomic E-state index is 11.9. The number of aliphatic hydroxyl groups is 1. The molecule has 1 aromatic heterocycles. The van der Waals surface area contributed by atoms with E-state index in [-0.39, 0.29) is 23.6 Å². The Kier molecular flexibility index (Phi) is 4.34. The number of methoxy groups -OCH3 is 1. The maximum atomic E-state index is 11.9. The Morgan fingerprint density at radius 3 is 2.52 bits per heavy atom. The average molecular weight is 316 g/mol. The minimum Gasteiger partial charge on any atom is -0.505 e.